The van der Waals surface area contributed by atoms with E-state index in [-0.39, 0.29) is 11.8 Å². The van der Waals surface area contributed by atoms with Crippen LogP contribution in [0.5, 0.6) is 5.75 Å². The number of ether oxygens (including phenoxy) is 1. The van der Waals surface area contributed by atoms with Gasteiger partial charge in [0.2, 0.25) is 0 Å². The van der Waals surface area contributed by atoms with Gasteiger partial charge in [-0.25, -0.2) is 4.39 Å². The molecule has 0 aliphatic heterocycles. The maximum Gasteiger partial charge on any atom is 0.573 e. The molecule has 3 nitrogen and oxygen atoms in total. The van der Waals surface area contributed by atoms with Crippen molar-refractivity contribution in [3.8, 4) is 5.75 Å². The zero-order valence-electron chi connectivity index (χ0n) is 11.0. The van der Waals surface area contributed by atoms with Crippen molar-refractivity contribution in [2.75, 3.05) is 5.32 Å². The van der Waals surface area contributed by atoms with Gasteiger partial charge in [0, 0.05) is 11.9 Å². The highest BCUT2D eigenvalue weighted by Crippen LogP contribution is 2.25. The Hall–Kier alpha value is -2.31. The average molecular weight is 300 g/mol. The van der Waals surface area contributed by atoms with Gasteiger partial charge < -0.3 is 10.1 Å². The van der Waals surface area contributed by atoms with Gasteiger partial charge in [0.05, 0.1) is 12.2 Å². The fourth-order valence-electron chi connectivity index (χ4n) is 1.75. The number of nitrogens with zero attached hydrogens (tertiary/aromatic N) is 1. The van der Waals surface area contributed by atoms with E-state index in [1.165, 1.54) is 36.5 Å². The Morgan fingerprint density at radius 1 is 1.14 bits per heavy atom. The summed E-state index contributed by atoms with van der Waals surface area (Å²) in [6, 6.07) is 6.39. The van der Waals surface area contributed by atoms with Crippen molar-refractivity contribution in [2.24, 2.45) is 0 Å². The SMILES string of the molecule is CC(Nc1ccc(OC(F)(F)F)cc1)c1cncc(F)c1. The Bertz CT molecular complexity index is 599. The molecule has 0 aliphatic rings. The van der Waals surface area contributed by atoms with Gasteiger partial charge in [-0.3, -0.25) is 4.98 Å². The lowest BCUT2D eigenvalue weighted by Crippen LogP contribution is -2.17. The van der Waals surface area contributed by atoms with Gasteiger partial charge in [0.1, 0.15) is 11.6 Å². The lowest BCUT2D eigenvalue weighted by molar-refractivity contribution is -0.274. The highest BCUT2D eigenvalue weighted by Gasteiger charge is 2.30. The molecule has 2 aromatic rings. The third-order valence-electron chi connectivity index (χ3n) is 2.70. The summed E-state index contributed by atoms with van der Waals surface area (Å²) in [6.07, 6.45) is -2.10. The summed E-state index contributed by atoms with van der Waals surface area (Å²) < 4.78 is 52.9. The minimum atomic E-state index is -4.71. The van der Waals surface area contributed by atoms with Gasteiger partial charge in [-0.1, -0.05) is 0 Å². The number of rotatable bonds is 4. The molecule has 1 heterocycles. The summed E-state index contributed by atoms with van der Waals surface area (Å²) in [7, 11) is 0. The Balaban J connectivity index is 2.03. The van der Waals surface area contributed by atoms with E-state index in [0.29, 0.717) is 11.3 Å². The quantitative estimate of drug-likeness (QED) is 0.855. The van der Waals surface area contributed by atoms with Crippen LogP contribution in [-0.2, 0) is 0 Å². The molecule has 0 saturated carbocycles. The molecular weight excluding hydrogens is 288 g/mol. The number of benzene rings is 1. The number of pyridine rings is 1. The average Bonchev–Trinajstić information content (AvgIpc) is 2.39. The molecule has 0 bridgehead atoms. The molecule has 0 spiro atoms. The van der Waals surface area contributed by atoms with E-state index < -0.39 is 12.2 Å². The Morgan fingerprint density at radius 3 is 2.38 bits per heavy atom. The predicted octanol–water partition coefficient (Wildman–Crippen LogP) is 4.29. The summed E-state index contributed by atoms with van der Waals surface area (Å²) in [4.78, 5) is 3.74. The number of hydrogen-bond donors (Lipinski definition) is 1. The molecule has 0 amide bonds. The van der Waals surface area contributed by atoms with Crippen LogP contribution in [0.1, 0.15) is 18.5 Å². The summed E-state index contributed by atoms with van der Waals surface area (Å²) in [5.41, 5.74) is 1.21. The molecule has 0 aliphatic carbocycles. The van der Waals surface area contributed by atoms with Crippen molar-refractivity contribution >= 4 is 5.69 Å². The van der Waals surface area contributed by atoms with Crippen molar-refractivity contribution in [1.82, 2.24) is 4.98 Å². The summed E-state index contributed by atoms with van der Waals surface area (Å²) in [5.74, 6) is -0.747. The maximum atomic E-state index is 13.1. The highest BCUT2D eigenvalue weighted by molar-refractivity contribution is 5.48. The standard InChI is InChI=1S/C14H12F4N2O/c1-9(10-6-11(15)8-19-7-10)20-12-2-4-13(5-3-12)21-14(16,17)18/h2-9,20H,1H3. The minimum Gasteiger partial charge on any atom is -0.406 e. The first kappa shape index (κ1) is 15.1. The minimum absolute atomic E-state index is 0.248. The zero-order chi connectivity index (χ0) is 15.5. The molecule has 1 N–H and O–H groups in total. The van der Waals surface area contributed by atoms with Crippen LogP contribution in [0.4, 0.5) is 23.2 Å². The van der Waals surface area contributed by atoms with Crippen molar-refractivity contribution in [1.29, 1.82) is 0 Å². The van der Waals surface area contributed by atoms with Gasteiger partial charge in [-0.05, 0) is 42.8 Å². The van der Waals surface area contributed by atoms with E-state index in [2.05, 4.69) is 15.0 Å². The van der Waals surface area contributed by atoms with Gasteiger partial charge in [-0.2, -0.15) is 0 Å². The first-order valence-electron chi connectivity index (χ1n) is 6.06. The second-order valence-electron chi connectivity index (χ2n) is 4.37. The molecule has 0 fully saturated rings. The van der Waals surface area contributed by atoms with Crippen LogP contribution in [0.3, 0.4) is 0 Å². The fourth-order valence-corrected chi connectivity index (χ4v) is 1.75. The van der Waals surface area contributed by atoms with Crippen LogP contribution in [0.2, 0.25) is 0 Å². The lowest BCUT2D eigenvalue weighted by Gasteiger charge is -2.16. The molecule has 21 heavy (non-hydrogen) atoms. The number of alkyl halides is 3. The van der Waals surface area contributed by atoms with Crippen LogP contribution in [-0.4, -0.2) is 11.3 Å². The van der Waals surface area contributed by atoms with Crippen LogP contribution >= 0.6 is 0 Å². The smallest absolute Gasteiger partial charge is 0.406 e. The molecule has 2 rings (SSSR count). The van der Waals surface area contributed by atoms with E-state index in [0.717, 1.165) is 6.20 Å². The van der Waals surface area contributed by atoms with E-state index in [4.69, 9.17) is 0 Å². The zero-order valence-corrected chi connectivity index (χ0v) is 11.0. The van der Waals surface area contributed by atoms with E-state index in [9.17, 15) is 17.6 Å². The first-order valence-corrected chi connectivity index (χ1v) is 6.06. The van der Waals surface area contributed by atoms with Crippen molar-refractivity contribution in [3.05, 3.63) is 54.1 Å². The lowest BCUT2D eigenvalue weighted by atomic mass is 10.1. The molecule has 112 valence electrons. The number of halogens is 4. The summed E-state index contributed by atoms with van der Waals surface area (Å²) in [5, 5.41) is 3.03. The monoisotopic (exact) mass is 300 g/mol. The summed E-state index contributed by atoms with van der Waals surface area (Å²) in [6.45, 7) is 1.79. The maximum absolute atomic E-state index is 13.1. The third-order valence-corrected chi connectivity index (χ3v) is 2.70. The van der Waals surface area contributed by atoms with E-state index >= 15 is 0 Å². The number of hydrogen-bond acceptors (Lipinski definition) is 3. The molecule has 1 unspecified atom stereocenters. The van der Waals surface area contributed by atoms with Crippen molar-refractivity contribution in [3.63, 3.8) is 0 Å². The second kappa shape index (κ2) is 5.99. The van der Waals surface area contributed by atoms with Gasteiger partial charge in [0.15, 0.2) is 0 Å². The van der Waals surface area contributed by atoms with Crippen molar-refractivity contribution < 1.29 is 22.3 Å². The number of aromatic nitrogens is 1. The Morgan fingerprint density at radius 2 is 1.81 bits per heavy atom. The first-order chi connectivity index (χ1) is 9.83. The molecular formula is C14H12F4N2O. The second-order valence-corrected chi connectivity index (χ2v) is 4.37. The van der Waals surface area contributed by atoms with Crippen LogP contribution < -0.4 is 10.1 Å². The molecule has 1 atom stereocenters. The van der Waals surface area contributed by atoms with Crippen LogP contribution in [0.25, 0.3) is 0 Å². The topological polar surface area (TPSA) is 34.1 Å². The fraction of sp³-hybridized carbons (Fsp3) is 0.214. The number of anilines is 1. The van der Waals surface area contributed by atoms with Crippen LogP contribution in [0, 0.1) is 5.82 Å². The molecule has 1 aromatic carbocycles. The van der Waals surface area contributed by atoms with Crippen molar-refractivity contribution in [2.45, 2.75) is 19.3 Å². The predicted molar refractivity (Wildman–Crippen MR) is 69.4 cm³/mol. The third kappa shape index (κ3) is 4.62. The number of nitrogens with one attached hydrogen (secondary N) is 1. The van der Waals surface area contributed by atoms with E-state index in [1.54, 1.807) is 6.92 Å². The summed E-state index contributed by atoms with van der Waals surface area (Å²) >= 11 is 0. The van der Waals surface area contributed by atoms with Gasteiger partial charge >= 0.3 is 6.36 Å². The highest BCUT2D eigenvalue weighted by atomic mass is 19.4. The van der Waals surface area contributed by atoms with E-state index in [1.807, 2.05) is 0 Å². The Labute approximate surface area is 118 Å². The largest absolute Gasteiger partial charge is 0.573 e. The molecule has 0 saturated heterocycles. The van der Waals surface area contributed by atoms with Gasteiger partial charge in [-0.15, -0.1) is 13.2 Å². The van der Waals surface area contributed by atoms with Crippen LogP contribution in [0.15, 0.2) is 42.7 Å². The molecule has 0 radical (unpaired) electrons. The molecule has 7 heteroatoms. The van der Waals surface area contributed by atoms with Gasteiger partial charge in [0.25, 0.3) is 0 Å². The molecule has 1 aromatic heterocycles. The normalized spacial score (nSPS) is 12.8. The Kier molecular flexibility index (Phi) is 4.30.